The van der Waals surface area contributed by atoms with Gasteiger partial charge in [-0.15, -0.1) is 0 Å². The summed E-state index contributed by atoms with van der Waals surface area (Å²) in [6.45, 7) is 0. The third-order valence-corrected chi connectivity index (χ3v) is 3.06. The molecule has 0 amide bonds. The quantitative estimate of drug-likeness (QED) is 0.701. The molecule has 0 aliphatic heterocycles. The minimum atomic E-state index is 0.706. The van der Waals surface area contributed by atoms with Gasteiger partial charge in [0, 0.05) is 22.8 Å². The highest BCUT2D eigenvalue weighted by molar-refractivity contribution is 6.30. The molecule has 0 spiro atoms. The molecule has 90 valence electrons. The number of fused-ring (bicyclic) bond motifs is 1. The van der Waals surface area contributed by atoms with Crippen molar-refractivity contribution in [2.75, 3.05) is 7.11 Å². The lowest BCUT2D eigenvalue weighted by atomic mass is 10.2. The van der Waals surface area contributed by atoms with E-state index in [1.54, 1.807) is 7.11 Å². The van der Waals surface area contributed by atoms with Gasteiger partial charge in [-0.05, 0) is 18.2 Å². The van der Waals surface area contributed by atoms with Crippen molar-refractivity contribution in [1.29, 1.82) is 0 Å². The average Bonchev–Trinajstić information content (AvgIpc) is 2.81. The van der Waals surface area contributed by atoms with Gasteiger partial charge >= 0.3 is 0 Å². The van der Waals surface area contributed by atoms with Crippen LogP contribution in [0.4, 0.5) is 0 Å². The first-order valence-electron chi connectivity index (χ1n) is 5.55. The molecule has 4 heteroatoms. The number of hydrogen-bond donors (Lipinski definition) is 0. The van der Waals surface area contributed by atoms with E-state index in [0.717, 1.165) is 22.7 Å². The summed E-state index contributed by atoms with van der Waals surface area (Å²) < 4.78 is 7.20. The molecule has 0 aliphatic carbocycles. The van der Waals surface area contributed by atoms with Crippen molar-refractivity contribution in [1.82, 2.24) is 9.38 Å². The molecular weight excluding hydrogens is 248 g/mol. The standard InChI is InChI=1S/C14H11ClN2O/c1-18-13-5-6-17-12(8-13)9-16-14(17)10-3-2-4-11(15)7-10/h2-9H,1H3. The van der Waals surface area contributed by atoms with Gasteiger partial charge in [0.1, 0.15) is 11.6 Å². The fourth-order valence-corrected chi connectivity index (χ4v) is 2.14. The van der Waals surface area contributed by atoms with Gasteiger partial charge in [-0.3, -0.25) is 4.40 Å². The number of hydrogen-bond acceptors (Lipinski definition) is 2. The molecule has 1 aromatic carbocycles. The SMILES string of the molecule is COc1ccn2c(-c3cccc(Cl)c3)ncc2c1. The van der Waals surface area contributed by atoms with Crippen LogP contribution in [-0.2, 0) is 0 Å². The summed E-state index contributed by atoms with van der Waals surface area (Å²) in [6, 6.07) is 11.5. The Balaban J connectivity index is 2.18. The van der Waals surface area contributed by atoms with Gasteiger partial charge < -0.3 is 4.74 Å². The molecule has 3 aromatic rings. The van der Waals surface area contributed by atoms with Crippen LogP contribution in [0.15, 0.2) is 48.8 Å². The molecule has 3 nitrogen and oxygen atoms in total. The van der Waals surface area contributed by atoms with Crippen LogP contribution in [0.3, 0.4) is 0 Å². The Morgan fingerprint density at radius 2 is 2.11 bits per heavy atom. The summed E-state index contributed by atoms with van der Waals surface area (Å²) in [6.07, 6.45) is 3.76. The van der Waals surface area contributed by atoms with Crippen molar-refractivity contribution in [3.05, 3.63) is 53.8 Å². The number of pyridine rings is 1. The van der Waals surface area contributed by atoms with E-state index in [0.29, 0.717) is 5.02 Å². The van der Waals surface area contributed by atoms with E-state index >= 15 is 0 Å². The minimum absolute atomic E-state index is 0.706. The zero-order valence-corrected chi connectivity index (χ0v) is 10.6. The van der Waals surface area contributed by atoms with Gasteiger partial charge in [0.2, 0.25) is 0 Å². The van der Waals surface area contributed by atoms with Crippen molar-refractivity contribution in [3.63, 3.8) is 0 Å². The second-order valence-corrected chi connectivity index (χ2v) is 4.39. The molecule has 0 radical (unpaired) electrons. The Bertz CT molecular complexity index is 706. The molecule has 0 bridgehead atoms. The molecule has 0 saturated carbocycles. The van der Waals surface area contributed by atoms with E-state index in [-0.39, 0.29) is 0 Å². The molecule has 2 aromatic heterocycles. The van der Waals surface area contributed by atoms with E-state index in [9.17, 15) is 0 Å². The van der Waals surface area contributed by atoms with Gasteiger partial charge in [-0.2, -0.15) is 0 Å². The van der Waals surface area contributed by atoms with Crippen LogP contribution < -0.4 is 4.74 Å². The Kier molecular flexibility index (Phi) is 2.68. The van der Waals surface area contributed by atoms with Crippen molar-refractivity contribution >= 4 is 17.1 Å². The Morgan fingerprint density at radius 1 is 1.22 bits per heavy atom. The molecule has 0 saturated heterocycles. The lowest BCUT2D eigenvalue weighted by Gasteiger charge is -2.04. The predicted octanol–water partition coefficient (Wildman–Crippen LogP) is 3.66. The monoisotopic (exact) mass is 258 g/mol. The zero-order chi connectivity index (χ0) is 12.5. The summed E-state index contributed by atoms with van der Waals surface area (Å²) in [5, 5.41) is 0.706. The number of aromatic nitrogens is 2. The molecule has 0 atom stereocenters. The largest absolute Gasteiger partial charge is 0.497 e. The van der Waals surface area contributed by atoms with Crippen LogP contribution in [-0.4, -0.2) is 16.5 Å². The number of methoxy groups -OCH3 is 1. The van der Waals surface area contributed by atoms with Gasteiger partial charge in [-0.25, -0.2) is 4.98 Å². The van der Waals surface area contributed by atoms with Crippen molar-refractivity contribution in [2.24, 2.45) is 0 Å². The summed E-state index contributed by atoms with van der Waals surface area (Å²) >= 11 is 6.00. The second kappa shape index (κ2) is 4.35. The Hall–Kier alpha value is -2.00. The normalized spacial score (nSPS) is 10.8. The van der Waals surface area contributed by atoms with E-state index in [4.69, 9.17) is 16.3 Å². The zero-order valence-electron chi connectivity index (χ0n) is 9.80. The lowest BCUT2D eigenvalue weighted by molar-refractivity contribution is 0.414. The van der Waals surface area contributed by atoms with Crippen LogP contribution in [0.25, 0.3) is 16.9 Å². The maximum Gasteiger partial charge on any atom is 0.144 e. The first-order valence-corrected chi connectivity index (χ1v) is 5.93. The highest BCUT2D eigenvalue weighted by Crippen LogP contribution is 2.24. The highest BCUT2D eigenvalue weighted by atomic mass is 35.5. The highest BCUT2D eigenvalue weighted by Gasteiger charge is 2.07. The smallest absolute Gasteiger partial charge is 0.144 e. The third-order valence-electron chi connectivity index (χ3n) is 2.82. The maximum atomic E-state index is 6.00. The van der Waals surface area contributed by atoms with Crippen LogP contribution >= 0.6 is 11.6 Å². The van der Waals surface area contributed by atoms with Crippen molar-refractivity contribution < 1.29 is 4.74 Å². The van der Waals surface area contributed by atoms with E-state index in [2.05, 4.69) is 4.98 Å². The summed E-state index contributed by atoms with van der Waals surface area (Å²) in [4.78, 5) is 4.43. The molecule has 0 aliphatic rings. The number of benzene rings is 1. The van der Waals surface area contributed by atoms with Crippen LogP contribution in [0, 0.1) is 0 Å². The molecular formula is C14H11ClN2O. The molecule has 0 N–H and O–H groups in total. The topological polar surface area (TPSA) is 26.5 Å². The predicted molar refractivity (Wildman–Crippen MR) is 72.2 cm³/mol. The lowest BCUT2D eigenvalue weighted by Crippen LogP contribution is -1.90. The summed E-state index contributed by atoms with van der Waals surface area (Å²) in [5.41, 5.74) is 1.98. The fourth-order valence-electron chi connectivity index (χ4n) is 1.95. The van der Waals surface area contributed by atoms with E-state index < -0.39 is 0 Å². The first-order chi connectivity index (χ1) is 8.78. The number of ether oxygens (including phenoxy) is 1. The van der Waals surface area contributed by atoms with Crippen LogP contribution in [0.5, 0.6) is 5.75 Å². The maximum absolute atomic E-state index is 6.00. The van der Waals surface area contributed by atoms with Crippen LogP contribution in [0.1, 0.15) is 0 Å². The number of rotatable bonds is 2. The number of halogens is 1. The summed E-state index contributed by atoms with van der Waals surface area (Å²) in [7, 11) is 1.65. The third kappa shape index (κ3) is 1.83. The average molecular weight is 259 g/mol. The minimum Gasteiger partial charge on any atom is -0.497 e. The van der Waals surface area contributed by atoms with Crippen LogP contribution in [0.2, 0.25) is 5.02 Å². The number of imidazole rings is 1. The molecule has 18 heavy (non-hydrogen) atoms. The number of nitrogens with zero attached hydrogens (tertiary/aromatic N) is 2. The van der Waals surface area contributed by atoms with Gasteiger partial charge in [0.05, 0.1) is 18.8 Å². The van der Waals surface area contributed by atoms with Gasteiger partial charge in [-0.1, -0.05) is 23.7 Å². The van der Waals surface area contributed by atoms with Gasteiger partial charge in [0.25, 0.3) is 0 Å². The molecule has 3 rings (SSSR count). The first kappa shape index (κ1) is 11.1. The van der Waals surface area contributed by atoms with E-state index in [1.165, 1.54) is 0 Å². The molecule has 2 heterocycles. The fraction of sp³-hybridized carbons (Fsp3) is 0.0714. The second-order valence-electron chi connectivity index (χ2n) is 3.95. The van der Waals surface area contributed by atoms with Gasteiger partial charge in [0.15, 0.2) is 0 Å². The molecule has 0 fully saturated rings. The Labute approximate surface area is 110 Å². The Morgan fingerprint density at radius 3 is 2.89 bits per heavy atom. The summed E-state index contributed by atoms with van der Waals surface area (Å²) in [5.74, 6) is 1.69. The molecule has 0 unspecified atom stereocenters. The van der Waals surface area contributed by atoms with Crippen molar-refractivity contribution in [2.45, 2.75) is 0 Å². The van der Waals surface area contributed by atoms with Crippen molar-refractivity contribution in [3.8, 4) is 17.1 Å². The van der Waals surface area contributed by atoms with E-state index in [1.807, 2.05) is 53.2 Å².